The van der Waals surface area contributed by atoms with Crippen molar-refractivity contribution in [3.8, 4) is 22.5 Å². The van der Waals surface area contributed by atoms with Gasteiger partial charge in [-0.15, -0.1) is 0 Å². The van der Waals surface area contributed by atoms with Crippen molar-refractivity contribution in [2.75, 3.05) is 86.6 Å². The summed E-state index contributed by atoms with van der Waals surface area (Å²) in [5, 5.41) is 7.30. The maximum atomic E-state index is 15.4. The highest BCUT2D eigenvalue weighted by Crippen LogP contribution is 2.29. The third-order valence-electron chi connectivity index (χ3n) is 9.68. The molecule has 17 heteroatoms. The number of ether oxygens (including phenoxy) is 2. The number of rotatable bonds is 9. The first-order valence-corrected chi connectivity index (χ1v) is 18.1. The second kappa shape index (κ2) is 19.0. The highest BCUT2D eigenvalue weighted by atomic mass is 35.5. The van der Waals surface area contributed by atoms with Gasteiger partial charge in [0.05, 0.1) is 86.2 Å². The van der Waals surface area contributed by atoms with Crippen LogP contribution in [-0.2, 0) is 32.7 Å². The molecule has 2 saturated heterocycles. The number of methoxy groups -OCH3 is 2. The predicted octanol–water partition coefficient (Wildman–Crippen LogP) is 3.80. The van der Waals surface area contributed by atoms with E-state index in [1.54, 1.807) is 68.4 Å². The highest BCUT2D eigenvalue weighted by molar-refractivity contribution is 6.34. The molecular weight excluding hydrogens is 733 g/mol. The number of hydrogen-bond acceptors (Lipinski definition) is 9. The average Bonchev–Trinajstić information content (AvgIpc) is 3.86. The number of piperazine rings is 1. The van der Waals surface area contributed by atoms with E-state index in [0.29, 0.717) is 67.5 Å². The molecule has 296 valence electrons. The van der Waals surface area contributed by atoms with E-state index in [0.717, 1.165) is 29.7 Å². The fourth-order valence-electron chi connectivity index (χ4n) is 6.75. The van der Waals surface area contributed by atoms with Gasteiger partial charge in [-0.2, -0.15) is 9.49 Å². The highest BCUT2D eigenvalue weighted by Gasteiger charge is 2.38. The SMILES string of the molecule is C=O.COC.COCCn1ncc(-c2ccc(-c3cnc(C(=O)Nc4ccc(C(=O)N5CCN(C(=O)C6CC[N+](C)(C)C6)CC5)c(Cl)c4)n3C)c(F)n2)c1C. The number of amides is 3. The Morgan fingerprint density at radius 3 is 2.29 bits per heavy atom. The van der Waals surface area contributed by atoms with E-state index in [-0.39, 0.29) is 34.1 Å². The van der Waals surface area contributed by atoms with Crippen LogP contribution in [0.15, 0.2) is 42.7 Å². The first-order valence-electron chi connectivity index (χ1n) is 17.7. The van der Waals surface area contributed by atoms with Crippen LogP contribution in [-0.4, -0.2) is 144 Å². The maximum Gasteiger partial charge on any atom is 0.291 e. The van der Waals surface area contributed by atoms with Crippen LogP contribution >= 0.6 is 11.6 Å². The molecule has 6 rings (SSSR count). The van der Waals surface area contributed by atoms with Gasteiger partial charge in [0.2, 0.25) is 11.9 Å². The van der Waals surface area contributed by atoms with Crippen molar-refractivity contribution in [2.45, 2.75) is 19.9 Å². The Morgan fingerprint density at radius 1 is 1.02 bits per heavy atom. The van der Waals surface area contributed by atoms with Crippen molar-refractivity contribution in [2.24, 2.45) is 13.0 Å². The van der Waals surface area contributed by atoms with Gasteiger partial charge in [-0.05, 0) is 37.3 Å². The lowest BCUT2D eigenvalue weighted by atomic mass is 10.1. The number of nitrogens with one attached hydrogen (secondary N) is 1. The number of likely N-dealkylation sites (tertiary alicyclic amines) is 1. The number of anilines is 1. The molecule has 2 aliphatic heterocycles. The molecule has 0 radical (unpaired) electrons. The Labute approximate surface area is 325 Å². The largest absolute Gasteiger partial charge is 0.388 e. The molecule has 0 saturated carbocycles. The lowest BCUT2D eigenvalue weighted by Crippen LogP contribution is -2.52. The normalized spacial score (nSPS) is 16.1. The standard InChI is InChI=1S/C35H41ClFN9O4.C2H6O.CH2O/c1-22-27(19-39-45(22)15-17-50-5)29-9-8-26(31(37)41-29)30-20-38-32(42(30)2)33(47)40-24-6-7-25(28(36)18-24)35(49)44-13-11-43(12-14-44)34(48)23-10-16-46(3,4)21-23;1-3-2;1-2/h6-9,18-20,23H,10-17,21H2,1-5H3;1-2H3;1H2/p+1. The second-order valence-corrected chi connectivity index (χ2v) is 14.3. The fourth-order valence-corrected chi connectivity index (χ4v) is 7.01. The Morgan fingerprint density at radius 2 is 1.69 bits per heavy atom. The Hall–Kier alpha value is -5.03. The van der Waals surface area contributed by atoms with Crippen LogP contribution in [0, 0.1) is 18.8 Å². The zero-order valence-electron chi connectivity index (χ0n) is 32.5. The number of imidazole rings is 1. The summed E-state index contributed by atoms with van der Waals surface area (Å²) in [4.78, 5) is 59.6. The van der Waals surface area contributed by atoms with Gasteiger partial charge in [0.15, 0.2) is 5.82 Å². The van der Waals surface area contributed by atoms with Crippen LogP contribution in [0.5, 0.6) is 0 Å². The maximum absolute atomic E-state index is 15.4. The van der Waals surface area contributed by atoms with Gasteiger partial charge in [-0.1, -0.05) is 11.6 Å². The van der Waals surface area contributed by atoms with Gasteiger partial charge in [-0.25, -0.2) is 9.97 Å². The molecule has 5 heterocycles. The summed E-state index contributed by atoms with van der Waals surface area (Å²) in [7, 11) is 10.8. The molecule has 2 fully saturated rings. The Balaban J connectivity index is 0.00000128. The van der Waals surface area contributed by atoms with Crippen LogP contribution in [0.3, 0.4) is 0 Å². The molecule has 4 aromatic rings. The van der Waals surface area contributed by atoms with Gasteiger partial charge >= 0.3 is 0 Å². The molecule has 0 bridgehead atoms. The van der Waals surface area contributed by atoms with Gasteiger partial charge < -0.3 is 38.4 Å². The molecule has 55 heavy (non-hydrogen) atoms. The quantitative estimate of drug-likeness (QED) is 0.197. The molecule has 2 aliphatic rings. The van der Waals surface area contributed by atoms with E-state index in [1.807, 2.05) is 18.6 Å². The summed E-state index contributed by atoms with van der Waals surface area (Å²) in [6.07, 6.45) is 3.95. The third-order valence-corrected chi connectivity index (χ3v) is 10.00. The minimum Gasteiger partial charge on any atom is -0.388 e. The first kappa shape index (κ1) is 42.7. The molecule has 1 N–H and O–H groups in total. The summed E-state index contributed by atoms with van der Waals surface area (Å²) in [6.45, 7) is 8.59. The number of aromatic nitrogens is 5. The third kappa shape index (κ3) is 9.99. The molecule has 0 aliphatic carbocycles. The monoisotopic (exact) mass is 782 g/mol. The number of carbonyl (C=O) groups excluding carboxylic acids is 4. The summed E-state index contributed by atoms with van der Waals surface area (Å²) < 4.78 is 28.9. The van der Waals surface area contributed by atoms with Crippen LogP contribution in [0.4, 0.5) is 10.1 Å². The number of halogens is 2. The number of pyridine rings is 1. The van der Waals surface area contributed by atoms with E-state index in [1.165, 1.54) is 16.8 Å². The molecular formula is C38H50ClFN9O6+. The van der Waals surface area contributed by atoms with Crippen molar-refractivity contribution in [1.82, 2.24) is 34.1 Å². The van der Waals surface area contributed by atoms with Crippen LogP contribution in [0.2, 0.25) is 5.02 Å². The van der Waals surface area contributed by atoms with Crippen LogP contribution in [0.25, 0.3) is 22.5 Å². The molecule has 15 nitrogen and oxygen atoms in total. The molecule has 3 aromatic heterocycles. The zero-order chi connectivity index (χ0) is 40.4. The van der Waals surface area contributed by atoms with Crippen molar-refractivity contribution >= 4 is 41.8 Å². The van der Waals surface area contributed by atoms with Crippen molar-refractivity contribution < 1.29 is 37.5 Å². The number of nitrogens with zero attached hydrogens (tertiary/aromatic N) is 8. The number of hydrogen-bond donors (Lipinski definition) is 1. The number of quaternary nitrogens is 1. The average molecular weight is 783 g/mol. The fraction of sp³-hybridized carbons (Fsp3) is 0.447. The first-order chi connectivity index (χ1) is 26.3. The molecule has 0 spiro atoms. The van der Waals surface area contributed by atoms with Gasteiger partial charge in [0.1, 0.15) is 6.79 Å². The minimum absolute atomic E-state index is 0.0324. The molecule has 1 unspecified atom stereocenters. The van der Waals surface area contributed by atoms with Crippen molar-refractivity contribution in [1.29, 1.82) is 0 Å². The number of benzene rings is 1. The predicted molar refractivity (Wildman–Crippen MR) is 206 cm³/mol. The zero-order valence-corrected chi connectivity index (χ0v) is 33.2. The van der Waals surface area contributed by atoms with E-state index in [4.69, 9.17) is 21.1 Å². The Kier molecular flexibility index (Phi) is 14.8. The van der Waals surface area contributed by atoms with Crippen molar-refractivity contribution in [3.63, 3.8) is 0 Å². The van der Waals surface area contributed by atoms with Gasteiger partial charge in [0.25, 0.3) is 11.8 Å². The molecule has 1 atom stereocenters. The van der Waals surface area contributed by atoms with Gasteiger partial charge in [-0.3, -0.25) is 19.1 Å². The van der Waals surface area contributed by atoms with E-state index in [9.17, 15) is 14.4 Å². The second-order valence-electron chi connectivity index (χ2n) is 13.9. The van der Waals surface area contributed by atoms with Gasteiger partial charge in [0, 0.05) is 77.9 Å². The molecule has 1 aromatic carbocycles. The Bertz CT molecular complexity index is 1980. The summed E-state index contributed by atoms with van der Waals surface area (Å²) in [5.74, 6) is -1.23. The number of carbonyl (C=O) groups is 4. The van der Waals surface area contributed by atoms with E-state index < -0.39 is 11.9 Å². The minimum atomic E-state index is -0.710. The van der Waals surface area contributed by atoms with E-state index >= 15 is 4.39 Å². The summed E-state index contributed by atoms with van der Waals surface area (Å²) >= 11 is 6.54. The lowest BCUT2D eigenvalue weighted by Gasteiger charge is -2.36. The van der Waals surface area contributed by atoms with Crippen LogP contribution < -0.4 is 5.32 Å². The molecule has 3 amide bonds. The summed E-state index contributed by atoms with van der Waals surface area (Å²) in [5.41, 5.74) is 3.21. The smallest absolute Gasteiger partial charge is 0.291 e. The lowest BCUT2D eigenvalue weighted by molar-refractivity contribution is -0.878. The van der Waals surface area contributed by atoms with E-state index in [2.05, 4.69) is 39.2 Å². The topological polar surface area (TPSA) is 154 Å². The summed E-state index contributed by atoms with van der Waals surface area (Å²) in [6, 6.07) is 7.99. The van der Waals surface area contributed by atoms with Crippen molar-refractivity contribution in [3.05, 3.63) is 70.8 Å². The van der Waals surface area contributed by atoms with Crippen LogP contribution in [0.1, 0.15) is 33.1 Å².